The third kappa shape index (κ3) is 7.23. The molecular formula is C33H46N3O+. The van der Waals surface area contributed by atoms with Crippen molar-refractivity contribution >= 4 is 28.7 Å². The highest BCUT2D eigenvalue weighted by Gasteiger charge is 2.20. The number of rotatable bonds is 12. The Bertz CT molecular complexity index is 1080. The molecule has 3 rings (SSSR count). The lowest BCUT2D eigenvalue weighted by molar-refractivity contribution is -0.923. The Balaban J connectivity index is 1.77. The van der Waals surface area contributed by atoms with E-state index in [4.69, 9.17) is 0 Å². The van der Waals surface area contributed by atoms with Crippen molar-refractivity contribution in [2.24, 2.45) is 0 Å². The third-order valence-corrected chi connectivity index (χ3v) is 7.88. The molecule has 0 heterocycles. The van der Waals surface area contributed by atoms with Gasteiger partial charge in [-0.15, -0.1) is 0 Å². The van der Waals surface area contributed by atoms with Gasteiger partial charge in [-0.3, -0.25) is 4.79 Å². The van der Waals surface area contributed by atoms with Crippen LogP contribution in [0, 0.1) is 27.7 Å². The molecule has 0 saturated carbocycles. The van der Waals surface area contributed by atoms with Crippen LogP contribution in [0.3, 0.4) is 0 Å². The van der Waals surface area contributed by atoms with E-state index in [1.807, 2.05) is 0 Å². The van der Waals surface area contributed by atoms with Crippen LogP contribution < -0.4 is 10.2 Å². The van der Waals surface area contributed by atoms with E-state index in [0.717, 1.165) is 77.4 Å². The first-order valence-electron chi connectivity index (χ1n) is 13.9. The zero-order valence-corrected chi connectivity index (χ0v) is 24.0. The molecule has 4 nitrogen and oxygen atoms in total. The summed E-state index contributed by atoms with van der Waals surface area (Å²) < 4.78 is 1.14. The van der Waals surface area contributed by atoms with Crippen LogP contribution in [0.5, 0.6) is 0 Å². The quantitative estimate of drug-likeness (QED) is 0.200. The predicted molar refractivity (Wildman–Crippen MR) is 159 cm³/mol. The molecule has 0 unspecified atom stereocenters. The van der Waals surface area contributed by atoms with Gasteiger partial charge in [0.15, 0.2) is 0 Å². The molecule has 0 atom stereocenters. The number of aryl methyl sites for hydroxylation is 4. The van der Waals surface area contributed by atoms with Gasteiger partial charge in [-0.05, 0) is 109 Å². The Morgan fingerprint density at radius 2 is 1.19 bits per heavy atom. The fourth-order valence-corrected chi connectivity index (χ4v) is 5.28. The number of carbonyl (C=O) groups excluding carboxylic acids is 1. The van der Waals surface area contributed by atoms with Crippen LogP contribution in [0.1, 0.15) is 62.3 Å². The molecule has 4 heteroatoms. The van der Waals surface area contributed by atoms with Gasteiger partial charge in [0, 0.05) is 23.5 Å². The summed E-state index contributed by atoms with van der Waals surface area (Å²) in [6, 6.07) is 21.5. The van der Waals surface area contributed by atoms with Gasteiger partial charge in [0.1, 0.15) is 0 Å². The summed E-state index contributed by atoms with van der Waals surface area (Å²) in [7, 11) is 0. The second-order valence-corrected chi connectivity index (χ2v) is 10.5. The second kappa shape index (κ2) is 12.9. The molecule has 37 heavy (non-hydrogen) atoms. The number of carbonyl (C=O) groups is 1. The average Bonchev–Trinajstić information content (AvgIpc) is 2.88. The summed E-state index contributed by atoms with van der Waals surface area (Å²) in [6.07, 6.45) is 2.58. The molecule has 0 aliphatic rings. The molecule has 0 aliphatic heterocycles. The number of nitrogens with one attached hydrogen (secondary N) is 1. The number of amides is 1. The highest BCUT2D eigenvalue weighted by atomic mass is 16.1. The van der Waals surface area contributed by atoms with Gasteiger partial charge in [0.05, 0.1) is 31.9 Å². The molecule has 0 aromatic heterocycles. The Kier molecular flexibility index (Phi) is 9.93. The Hall–Kier alpha value is -3.11. The van der Waals surface area contributed by atoms with Gasteiger partial charge in [-0.25, -0.2) is 0 Å². The molecule has 0 fully saturated rings. The Labute approximate surface area is 224 Å². The van der Waals surface area contributed by atoms with E-state index in [-0.39, 0.29) is 5.91 Å². The summed E-state index contributed by atoms with van der Waals surface area (Å²) >= 11 is 0. The predicted octanol–water partition coefficient (Wildman–Crippen LogP) is 8.38. The van der Waals surface area contributed by atoms with E-state index in [0.29, 0.717) is 6.42 Å². The largest absolute Gasteiger partial charge is 0.326 e. The van der Waals surface area contributed by atoms with E-state index < -0.39 is 0 Å². The zero-order valence-electron chi connectivity index (χ0n) is 24.0. The third-order valence-electron chi connectivity index (χ3n) is 7.88. The lowest BCUT2D eigenvalue weighted by Crippen LogP contribution is -2.48. The van der Waals surface area contributed by atoms with Crippen molar-refractivity contribution in [2.75, 3.05) is 36.4 Å². The lowest BCUT2D eigenvalue weighted by atomic mass is 10.0. The van der Waals surface area contributed by atoms with Gasteiger partial charge < -0.3 is 14.7 Å². The summed E-state index contributed by atoms with van der Waals surface area (Å²) in [5, 5.41) is 3.16. The van der Waals surface area contributed by atoms with Crippen molar-refractivity contribution in [2.45, 2.75) is 67.7 Å². The number of anilines is 4. The van der Waals surface area contributed by atoms with Crippen LogP contribution in [-0.4, -0.2) is 36.6 Å². The molecular weight excluding hydrogens is 454 g/mol. The number of unbranched alkanes of at least 4 members (excludes halogenated alkanes) is 1. The van der Waals surface area contributed by atoms with Crippen LogP contribution >= 0.6 is 0 Å². The fourth-order valence-electron chi connectivity index (χ4n) is 5.28. The summed E-state index contributed by atoms with van der Waals surface area (Å²) in [5.41, 5.74) is 9.01. The minimum Gasteiger partial charge on any atom is -0.326 e. The summed E-state index contributed by atoms with van der Waals surface area (Å²) in [4.78, 5) is 15.1. The normalized spacial score (nSPS) is 11.4. The minimum atomic E-state index is 0.100. The van der Waals surface area contributed by atoms with Crippen molar-refractivity contribution in [3.63, 3.8) is 0 Å². The van der Waals surface area contributed by atoms with E-state index >= 15 is 0 Å². The number of nitrogens with zero attached hydrogens (tertiary/aromatic N) is 2. The molecule has 1 N–H and O–H groups in total. The molecule has 1 amide bonds. The van der Waals surface area contributed by atoms with Crippen LogP contribution in [0.4, 0.5) is 22.7 Å². The highest BCUT2D eigenvalue weighted by Crippen LogP contribution is 2.40. The van der Waals surface area contributed by atoms with Crippen molar-refractivity contribution < 1.29 is 9.28 Å². The number of hydrogen-bond donors (Lipinski definition) is 1. The van der Waals surface area contributed by atoms with Crippen LogP contribution in [0.15, 0.2) is 60.7 Å². The van der Waals surface area contributed by atoms with Gasteiger partial charge >= 0.3 is 0 Å². The molecule has 3 aromatic rings. The van der Waals surface area contributed by atoms with Gasteiger partial charge in [-0.2, -0.15) is 0 Å². The fraction of sp³-hybridized carbons (Fsp3) is 0.424. The lowest BCUT2D eigenvalue weighted by Gasteiger charge is -2.35. The number of quaternary nitrogens is 1. The molecule has 0 saturated heterocycles. The minimum absolute atomic E-state index is 0.100. The first-order chi connectivity index (χ1) is 17.7. The standard InChI is InChI=1S/C33H45N3O/c1-8-36(9-2,10-3)22-12-11-13-32(37)34-29-23-27(6)33(28(7)24-29)35(30-18-14-25(4)15-19-30)31-20-16-26(5)17-21-31/h14-21,23-24H,8-13,22H2,1-7H3/p+1. The zero-order chi connectivity index (χ0) is 27.0. The van der Waals surface area contributed by atoms with Crippen molar-refractivity contribution in [3.8, 4) is 0 Å². The smallest absolute Gasteiger partial charge is 0.224 e. The highest BCUT2D eigenvalue weighted by molar-refractivity contribution is 5.92. The first-order valence-corrected chi connectivity index (χ1v) is 13.9. The topological polar surface area (TPSA) is 32.3 Å². The van der Waals surface area contributed by atoms with Gasteiger partial charge in [-0.1, -0.05) is 35.4 Å². The van der Waals surface area contributed by atoms with Crippen molar-refractivity contribution in [1.29, 1.82) is 0 Å². The van der Waals surface area contributed by atoms with Crippen LogP contribution in [0.2, 0.25) is 0 Å². The molecule has 0 aliphatic carbocycles. The van der Waals surface area contributed by atoms with E-state index in [1.165, 1.54) is 11.1 Å². The molecule has 0 radical (unpaired) electrons. The number of benzene rings is 3. The van der Waals surface area contributed by atoms with Crippen LogP contribution in [0.25, 0.3) is 0 Å². The van der Waals surface area contributed by atoms with Crippen molar-refractivity contribution in [3.05, 3.63) is 82.9 Å². The maximum absolute atomic E-state index is 12.8. The van der Waals surface area contributed by atoms with E-state index in [1.54, 1.807) is 0 Å². The summed E-state index contributed by atoms with van der Waals surface area (Å²) in [6.45, 7) is 19.9. The maximum Gasteiger partial charge on any atom is 0.224 e. The maximum atomic E-state index is 12.8. The molecule has 0 bridgehead atoms. The Morgan fingerprint density at radius 3 is 1.62 bits per heavy atom. The molecule has 198 valence electrons. The number of hydrogen-bond acceptors (Lipinski definition) is 2. The van der Waals surface area contributed by atoms with E-state index in [2.05, 4.69) is 119 Å². The monoisotopic (exact) mass is 500 g/mol. The van der Waals surface area contributed by atoms with E-state index in [9.17, 15) is 4.79 Å². The van der Waals surface area contributed by atoms with Gasteiger partial charge in [0.2, 0.25) is 5.91 Å². The molecule has 3 aromatic carbocycles. The average molecular weight is 501 g/mol. The SMILES string of the molecule is CC[N+](CC)(CC)CCCCC(=O)Nc1cc(C)c(N(c2ccc(C)cc2)c2ccc(C)cc2)c(C)c1. The Morgan fingerprint density at radius 1 is 0.730 bits per heavy atom. The summed E-state index contributed by atoms with van der Waals surface area (Å²) in [5.74, 6) is 0.100. The second-order valence-electron chi connectivity index (χ2n) is 10.5. The van der Waals surface area contributed by atoms with Crippen molar-refractivity contribution in [1.82, 2.24) is 0 Å². The first kappa shape index (κ1) is 28.5. The van der Waals surface area contributed by atoms with Crippen LogP contribution in [-0.2, 0) is 4.79 Å². The molecule has 0 spiro atoms. The van der Waals surface area contributed by atoms with Gasteiger partial charge in [0.25, 0.3) is 0 Å².